The molecule has 3 heteroatoms. The Balaban J connectivity index is 1.61. The van der Waals surface area contributed by atoms with E-state index in [4.69, 9.17) is 0 Å². The van der Waals surface area contributed by atoms with Gasteiger partial charge in [-0.25, -0.2) is 0 Å². The maximum Gasteiger partial charge on any atom is 0.223 e. The zero-order chi connectivity index (χ0) is 13.9. The molecule has 0 bridgehead atoms. The number of carbonyl (C=O) groups excluding carboxylic acids is 1. The van der Waals surface area contributed by atoms with E-state index < -0.39 is 0 Å². The van der Waals surface area contributed by atoms with E-state index in [0.29, 0.717) is 12.0 Å². The Bertz CT molecular complexity index is 486. The van der Waals surface area contributed by atoms with Crippen LogP contribution in [0.25, 0.3) is 0 Å². The van der Waals surface area contributed by atoms with Crippen LogP contribution in [0.3, 0.4) is 0 Å². The minimum Gasteiger partial charge on any atom is -0.353 e. The van der Waals surface area contributed by atoms with Gasteiger partial charge in [0.2, 0.25) is 5.91 Å². The third-order valence-electron chi connectivity index (χ3n) is 4.83. The Morgan fingerprint density at radius 3 is 2.85 bits per heavy atom. The van der Waals surface area contributed by atoms with Gasteiger partial charge in [-0.2, -0.15) is 0 Å². The highest BCUT2D eigenvalue weighted by Gasteiger charge is 2.28. The molecule has 3 unspecified atom stereocenters. The lowest BCUT2D eigenvalue weighted by Crippen LogP contribution is -2.50. The van der Waals surface area contributed by atoms with Gasteiger partial charge in [-0.1, -0.05) is 31.2 Å². The molecule has 0 spiro atoms. The number of nitrogens with one attached hydrogen (secondary N) is 2. The number of benzene rings is 1. The molecule has 20 heavy (non-hydrogen) atoms. The minimum absolute atomic E-state index is 0.159. The van der Waals surface area contributed by atoms with E-state index in [1.54, 1.807) is 0 Å². The number of rotatable bonds is 2. The number of amides is 1. The number of aryl methyl sites for hydroxylation is 1. The van der Waals surface area contributed by atoms with Crippen LogP contribution in [0.1, 0.15) is 30.9 Å². The van der Waals surface area contributed by atoms with Crippen LogP contribution >= 0.6 is 0 Å². The van der Waals surface area contributed by atoms with Crippen LogP contribution < -0.4 is 10.6 Å². The van der Waals surface area contributed by atoms with Crippen LogP contribution in [0.4, 0.5) is 0 Å². The molecule has 1 fully saturated rings. The molecule has 108 valence electrons. The van der Waals surface area contributed by atoms with E-state index in [9.17, 15) is 4.79 Å². The summed E-state index contributed by atoms with van der Waals surface area (Å²) in [4.78, 5) is 12.5. The highest BCUT2D eigenvalue weighted by atomic mass is 16.1. The summed E-state index contributed by atoms with van der Waals surface area (Å²) < 4.78 is 0. The molecule has 2 aliphatic rings. The highest BCUT2D eigenvalue weighted by molar-refractivity contribution is 5.79. The van der Waals surface area contributed by atoms with Gasteiger partial charge >= 0.3 is 0 Å². The zero-order valence-electron chi connectivity index (χ0n) is 12.2. The molecule has 1 heterocycles. The van der Waals surface area contributed by atoms with Gasteiger partial charge in [0.05, 0.1) is 0 Å². The van der Waals surface area contributed by atoms with Crippen molar-refractivity contribution in [1.29, 1.82) is 0 Å². The molecule has 1 aliphatic heterocycles. The van der Waals surface area contributed by atoms with Crippen molar-refractivity contribution >= 4 is 5.91 Å². The van der Waals surface area contributed by atoms with Crippen LogP contribution in [-0.4, -0.2) is 25.0 Å². The molecule has 1 saturated heterocycles. The van der Waals surface area contributed by atoms with E-state index in [-0.39, 0.29) is 11.8 Å². The summed E-state index contributed by atoms with van der Waals surface area (Å²) >= 11 is 0. The van der Waals surface area contributed by atoms with Crippen LogP contribution in [0, 0.1) is 11.8 Å². The van der Waals surface area contributed by atoms with Crippen molar-refractivity contribution in [3.63, 3.8) is 0 Å². The van der Waals surface area contributed by atoms with Crippen molar-refractivity contribution in [2.45, 2.75) is 38.6 Å². The second-order valence-electron chi connectivity index (χ2n) is 6.29. The molecule has 0 aromatic heterocycles. The molecular weight excluding hydrogens is 248 g/mol. The molecule has 3 nitrogen and oxygen atoms in total. The highest BCUT2D eigenvalue weighted by Crippen LogP contribution is 2.26. The summed E-state index contributed by atoms with van der Waals surface area (Å²) in [5.41, 5.74) is 2.78. The summed E-state index contributed by atoms with van der Waals surface area (Å²) in [5, 5.41) is 6.67. The Morgan fingerprint density at radius 1 is 1.25 bits per heavy atom. The predicted octanol–water partition coefficient (Wildman–Crippen LogP) is 1.91. The SMILES string of the molecule is CC1CNCCC1NC(=O)C1CCc2ccccc2C1. The Hall–Kier alpha value is -1.35. The topological polar surface area (TPSA) is 41.1 Å². The van der Waals surface area contributed by atoms with Gasteiger partial charge in [-0.15, -0.1) is 0 Å². The molecule has 2 N–H and O–H groups in total. The fraction of sp³-hybridized carbons (Fsp3) is 0.588. The molecule has 0 saturated carbocycles. The molecule has 1 aliphatic carbocycles. The molecular formula is C17H24N2O. The van der Waals surface area contributed by atoms with Crippen LogP contribution in [0.5, 0.6) is 0 Å². The van der Waals surface area contributed by atoms with Gasteiger partial charge in [0.1, 0.15) is 0 Å². The van der Waals surface area contributed by atoms with Crippen molar-refractivity contribution in [3.8, 4) is 0 Å². The largest absolute Gasteiger partial charge is 0.353 e. The number of hydrogen-bond acceptors (Lipinski definition) is 2. The first-order chi connectivity index (χ1) is 9.74. The van der Waals surface area contributed by atoms with Gasteiger partial charge in [-0.3, -0.25) is 4.79 Å². The maximum absolute atomic E-state index is 12.5. The van der Waals surface area contributed by atoms with Crippen LogP contribution in [0.15, 0.2) is 24.3 Å². The maximum atomic E-state index is 12.5. The first kappa shape index (κ1) is 13.6. The Kier molecular flexibility index (Phi) is 4.06. The lowest BCUT2D eigenvalue weighted by atomic mass is 9.83. The summed E-state index contributed by atoms with van der Waals surface area (Å²) in [5.74, 6) is 0.953. The molecule has 1 aromatic carbocycles. The fourth-order valence-electron chi connectivity index (χ4n) is 3.45. The van der Waals surface area contributed by atoms with E-state index in [1.165, 1.54) is 11.1 Å². The van der Waals surface area contributed by atoms with Crippen molar-refractivity contribution < 1.29 is 4.79 Å². The van der Waals surface area contributed by atoms with Crippen LogP contribution in [-0.2, 0) is 17.6 Å². The zero-order valence-corrected chi connectivity index (χ0v) is 12.2. The van der Waals surface area contributed by atoms with Crippen molar-refractivity contribution in [2.24, 2.45) is 11.8 Å². The first-order valence-corrected chi connectivity index (χ1v) is 7.82. The average molecular weight is 272 g/mol. The molecule has 1 aromatic rings. The van der Waals surface area contributed by atoms with Crippen molar-refractivity contribution in [1.82, 2.24) is 10.6 Å². The number of carbonyl (C=O) groups is 1. The normalized spacial score (nSPS) is 29.6. The van der Waals surface area contributed by atoms with E-state index in [1.807, 2.05) is 0 Å². The lowest BCUT2D eigenvalue weighted by molar-refractivity contribution is -0.126. The van der Waals surface area contributed by atoms with Gasteiger partial charge in [0.25, 0.3) is 0 Å². The number of fused-ring (bicyclic) bond motifs is 1. The van der Waals surface area contributed by atoms with Crippen molar-refractivity contribution in [2.75, 3.05) is 13.1 Å². The quantitative estimate of drug-likeness (QED) is 0.863. The summed E-state index contributed by atoms with van der Waals surface area (Å²) in [6, 6.07) is 8.88. The van der Waals surface area contributed by atoms with Crippen LogP contribution in [0.2, 0.25) is 0 Å². The summed E-state index contributed by atoms with van der Waals surface area (Å²) in [6.45, 7) is 4.24. The van der Waals surface area contributed by atoms with E-state index in [0.717, 1.165) is 38.8 Å². The Morgan fingerprint density at radius 2 is 2.05 bits per heavy atom. The molecule has 1 amide bonds. The Labute approximate surface area is 121 Å². The summed E-state index contributed by atoms with van der Waals surface area (Å²) in [6.07, 6.45) is 3.98. The lowest BCUT2D eigenvalue weighted by Gasteiger charge is -2.32. The van der Waals surface area contributed by atoms with E-state index in [2.05, 4.69) is 41.8 Å². The second-order valence-corrected chi connectivity index (χ2v) is 6.29. The fourth-order valence-corrected chi connectivity index (χ4v) is 3.45. The van der Waals surface area contributed by atoms with Gasteiger partial charge in [0, 0.05) is 12.0 Å². The monoisotopic (exact) mass is 272 g/mol. The van der Waals surface area contributed by atoms with Gasteiger partial charge in [0.15, 0.2) is 0 Å². The number of hydrogen-bond donors (Lipinski definition) is 2. The molecule has 3 rings (SSSR count). The summed E-state index contributed by atoms with van der Waals surface area (Å²) in [7, 11) is 0. The molecule has 0 radical (unpaired) electrons. The third kappa shape index (κ3) is 2.88. The van der Waals surface area contributed by atoms with Gasteiger partial charge in [-0.05, 0) is 55.8 Å². The van der Waals surface area contributed by atoms with E-state index >= 15 is 0 Å². The predicted molar refractivity (Wildman–Crippen MR) is 80.5 cm³/mol. The average Bonchev–Trinajstić information content (AvgIpc) is 2.49. The number of piperidine rings is 1. The van der Waals surface area contributed by atoms with Crippen molar-refractivity contribution in [3.05, 3.63) is 35.4 Å². The third-order valence-corrected chi connectivity index (χ3v) is 4.83. The van der Waals surface area contributed by atoms with Gasteiger partial charge < -0.3 is 10.6 Å². The standard InChI is InChI=1S/C17H24N2O/c1-12-11-18-9-8-16(12)19-17(20)15-7-6-13-4-2-3-5-14(13)10-15/h2-5,12,15-16,18H,6-11H2,1H3,(H,19,20). The second kappa shape index (κ2) is 5.96. The first-order valence-electron chi connectivity index (χ1n) is 7.82. The minimum atomic E-state index is 0.159. The smallest absolute Gasteiger partial charge is 0.223 e. The molecule has 3 atom stereocenters.